The van der Waals surface area contributed by atoms with Gasteiger partial charge in [-0.1, -0.05) is 11.8 Å². The minimum absolute atomic E-state index is 0.265. The quantitative estimate of drug-likeness (QED) is 0.648. The van der Waals surface area contributed by atoms with E-state index in [4.69, 9.17) is 0 Å². The van der Waals surface area contributed by atoms with Crippen molar-refractivity contribution in [3.63, 3.8) is 0 Å². The first-order valence-corrected chi connectivity index (χ1v) is 7.54. The maximum Gasteiger partial charge on any atom is 0.191 e. The van der Waals surface area contributed by atoms with Gasteiger partial charge < -0.3 is 10.6 Å². The number of benzene rings is 1. The van der Waals surface area contributed by atoms with Crippen LogP contribution in [0.1, 0.15) is 12.5 Å². The SMILES string of the molecule is CCNc1cc(Nc2cc(C)cc(F)c2)nc(SC)n1. The van der Waals surface area contributed by atoms with Crippen LogP contribution in [0.3, 0.4) is 0 Å². The zero-order valence-electron chi connectivity index (χ0n) is 11.7. The molecule has 106 valence electrons. The molecule has 0 aliphatic rings. The van der Waals surface area contributed by atoms with E-state index in [1.807, 2.05) is 32.2 Å². The fourth-order valence-corrected chi connectivity index (χ4v) is 2.19. The highest BCUT2D eigenvalue weighted by atomic mass is 32.2. The van der Waals surface area contributed by atoms with Gasteiger partial charge in [0.1, 0.15) is 17.5 Å². The fourth-order valence-electron chi connectivity index (χ4n) is 1.81. The van der Waals surface area contributed by atoms with Crippen LogP contribution in [0.4, 0.5) is 21.7 Å². The Kier molecular flexibility index (Phi) is 4.79. The minimum Gasteiger partial charge on any atom is -0.370 e. The van der Waals surface area contributed by atoms with Crippen molar-refractivity contribution in [2.75, 3.05) is 23.4 Å². The number of thioether (sulfide) groups is 1. The predicted molar refractivity (Wildman–Crippen MR) is 82.4 cm³/mol. The van der Waals surface area contributed by atoms with Gasteiger partial charge in [-0.05, 0) is 43.9 Å². The third-order valence-electron chi connectivity index (χ3n) is 2.56. The molecule has 0 aliphatic carbocycles. The van der Waals surface area contributed by atoms with Crippen LogP contribution in [0.15, 0.2) is 29.4 Å². The monoisotopic (exact) mass is 292 g/mol. The lowest BCUT2D eigenvalue weighted by atomic mass is 10.2. The second kappa shape index (κ2) is 6.56. The summed E-state index contributed by atoms with van der Waals surface area (Å²) in [7, 11) is 0. The Morgan fingerprint density at radius 3 is 2.55 bits per heavy atom. The fraction of sp³-hybridized carbons (Fsp3) is 0.286. The van der Waals surface area contributed by atoms with Crippen molar-refractivity contribution in [3.05, 3.63) is 35.6 Å². The molecule has 0 fully saturated rings. The van der Waals surface area contributed by atoms with Gasteiger partial charge in [0.15, 0.2) is 5.16 Å². The molecule has 1 heterocycles. The Morgan fingerprint density at radius 1 is 1.15 bits per heavy atom. The Bertz CT molecular complexity index is 583. The van der Waals surface area contributed by atoms with Gasteiger partial charge in [0.2, 0.25) is 0 Å². The van der Waals surface area contributed by atoms with Crippen molar-refractivity contribution in [3.8, 4) is 0 Å². The van der Waals surface area contributed by atoms with E-state index >= 15 is 0 Å². The maximum absolute atomic E-state index is 13.4. The first-order chi connectivity index (χ1) is 9.60. The summed E-state index contributed by atoms with van der Waals surface area (Å²) >= 11 is 1.46. The molecule has 2 N–H and O–H groups in total. The first-order valence-electron chi connectivity index (χ1n) is 6.32. The Balaban J connectivity index is 2.29. The molecule has 0 atom stereocenters. The van der Waals surface area contributed by atoms with E-state index in [-0.39, 0.29) is 5.82 Å². The molecule has 2 rings (SSSR count). The van der Waals surface area contributed by atoms with Gasteiger partial charge in [0.05, 0.1) is 0 Å². The van der Waals surface area contributed by atoms with E-state index in [0.29, 0.717) is 16.7 Å². The molecule has 1 aromatic carbocycles. The van der Waals surface area contributed by atoms with E-state index in [0.717, 1.165) is 17.9 Å². The summed E-state index contributed by atoms with van der Waals surface area (Å²) in [6, 6.07) is 6.61. The number of nitrogens with zero attached hydrogens (tertiary/aromatic N) is 2. The molecule has 0 amide bonds. The topological polar surface area (TPSA) is 49.8 Å². The number of halogens is 1. The number of hydrogen-bond acceptors (Lipinski definition) is 5. The van der Waals surface area contributed by atoms with Crippen molar-refractivity contribution in [1.29, 1.82) is 0 Å². The molecular weight excluding hydrogens is 275 g/mol. The van der Waals surface area contributed by atoms with Crippen LogP contribution in [0.25, 0.3) is 0 Å². The molecule has 0 saturated carbocycles. The van der Waals surface area contributed by atoms with E-state index in [9.17, 15) is 4.39 Å². The molecule has 1 aromatic heterocycles. The van der Waals surface area contributed by atoms with Gasteiger partial charge in [0, 0.05) is 18.3 Å². The van der Waals surface area contributed by atoms with Crippen molar-refractivity contribution >= 4 is 29.1 Å². The summed E-state index contributed by atoms with van der Waals surface area (Å²) in [6.45, 7) is 4.64. The molecule has 0 spiro atoms. The molecule has 6 heteroatoms. The zero-order valence-corrected chi connectivity index (χ0v) is 12.5. The Labute approximate surface area is 122 Å². The van der Waals surface area contributed by atoms with Crippen LogP contribution in [0.5, 0.6) is 0 Å². The molecule has 0 aliphatic heterocycles. The van der Waals surface area contributed by atoms with Crippen LogP contribution in [0, 0.1) is 12.7 Å². The van der Waals surface area contributed by atoms with Gasteiger partial charge >= 0.3 is 0 Å². The number of nitrogens with one attached hydrogen (secondary N) is 2. The predicted octanol–water partition coefficient (Wildman–Crippen LogP) is 3.82. The summed E-state index contributed by atoms with van der Waals surface area (Å²) < 4.78 is 13.4. The highest BCUT2D eigenvalue weighted by Gasteiger charge is 2.05. The number of rotatable bonds is 5. The first kappa shape index (κ1) is 14.6. The highest BCUT2D eigenvalue weighted by molar-refractivity contribution is 7.98. The molecule has 20 heavy (non-hydrogen) atoms. The second-order valence-corrected chi connectivity index (χ2v) is 5.07. The molecule has 2 aromatic rings. The van der Waals surface area contributed by atoms with E-state index in [2.05, 4.69) is 20.6 Å². The average molecular weight is 292 g/mol. The summed E-state index contributed by atoms with van der Waals surface area (Å²) in [5.41, 5.74) is 1.54. The second-order valence-electron chi connectivity index (χ2n) is 4.30. The number of aromatic nitrogens is 2. The Morgan fingerprint density at radius 2 is 1.90 bits per heavy atom. The van der Waals surface area contributed by atoms with Crippen LogP contribution < -0.4 is 10.6 Å². The van der Waals surface area contributed by atoms with Gasteiger partial charge in [0.25, 0.3) is 0 Å². The van der Waals surface area contributed by atoms with E-state index in [1.54, 1.807) is 0 Å². The number of hydrogen-bond donors (Lipinski definition) is 2. The number of aryl methyl sites for hydroxylation is 1. The van der Waals surface area contributed by atoms with Gasteiger partial charge in [-0.25, -0.2) is 14.4 Å². The van der Waals surface area contributed by atoms with Gasteiger partial charge in [-0.3, -0.25) is 0 Å². The normalized spacial score (nSPS) is 10.4. The average Bonchev–Trinajstić information content (AvgIpc) is 2.37. The van der Waals surface area contributed by atoms with Crippen LogP contribution in [-0.4, -0.2) is 22.8 Å². The van der Waals surface area contributed by atoms with Crippen LogP contribution >= 0.6 is 11.8 Å². The highest BCUT2D eigenvalue weighted by Crippen LogP contribution is 2.22. The summed E-state index contributed by atoms with van der Waals surface area (Å²) in [5, 5.41) is 6.93. The molecule has 0 saturated heterocycles. The third kappa shape index (κ3) is 3.84. The minimum atomic E-state index is -0.265. The largest absolute Gasteiger partial charge is 0.370 e. The van der Waals surface area contributed by atoms with E-state index < -0.39 is 0 Å². The van der Waals surface area contributed by atoms with Crippen molar-refractivity contribution < 1.29 is 4.39 Å². The van der Waals surface area contributed by atoms with Crippen molar-refractivity contribution in [2.24, 2.45) is 0 Å². The standard InChI is InChI=1S/C14H17FN4S/c1-4-16-12-8-13(19-14(18-12)20-3)17-11-6-9(2)5-10(15)7-11/h5-8H,4H2,1-3H3,(H2,16,17,18,19). The summed E-state index contributed by atoms with van der Waals surface area (Å²) in [4.78, 5) is 8.71. The molecule has 0 bridgehead atoms. The van der Waals surface area contributed by atoms with E-state index in [1.165, 1.54) is 23.9 Å². The molecule has 0 radical (unpaired) electrons. The molecular formula is C14H17FN4S. The lowest BCUT2D eigenvalue weighted by Crippen LogP contribution is -2.03. The zero-order chi connectivity index (χ0) is 14.5. The smallest absolute Gasteiger partial charge is 0.191 e. The lowest BCUT2D eigenvalue weighted by Gasteiger charge is -2.10. The van der Waals surface area contributed by atoms with Crippen LogP contribution in [0.2, 0.25) is 0 Å². The molecule has 0 unspecified atom stereocenters. The number of anilines is 3. The van der Waals surface area contributed by atoms with Crippen LogP contribution in [-0.2, 0) is 0 Å². The Hall–Kier alpha value is -1.82. The lowest BCUT2D eigenvalue weighted by molar-refractivity contribution is 0.627. The summed E-state index contributed by atoms with van der Waals surface area (Å²) in [5.74, 6) is 1.13. The van der Waals surface area contributed by atoms with Crippen molar-refractivity contribution in [2.45, 2.75) is 19.0 Å². The third-order valence-corrected chi connectivity index (χ3v) is 3.11. The summed E-state index contributed by atoms with van der Waals surface area (Å²) in [6.07, 6.45) is 1.92. The van der Waals surface area contributed by atoms with Crippen molar-refractivity contribution in [1.82, 2.24) is 9.97 Å². The van der Waals surface area contributed by atoms with Gasteiger partial charge in [-0.2, -0.15) is 0 Å². The van der Waals surface area contributed by atoms with Gasteiger partial charge in [-0.15, -0.1) is 0 Å². The maximum atomic E-state index is 13.4. The molecule has 4 nitrogen and oxygen atoms in total.